The van der Waals surface area contributed by atoms with Crippen LogP contribution in [-0.4, -0.2) is 29.1 Å². The zero-order valence-electron chi connectivity index (χ0n) is 28.6. The summed E-state index contributed by atoms with van der Waals surface area (Å²) in [6.45, 7) is 7.86. The Morgan fingerprint density at radius 3 is 1.57 bits per heavy atom. The van der Waals surface area contributed by atoms with E-state index < -0.39 is 0 Å². The topological polar surface area (TPSA) is 89.6 Å². The van der Waals surface area contributed by atoms with Crippen molar-refractivity contribution in [1.29, 1.82) is 5.26 Å². The molecule has 0 aliphatic heterocycles. The number of hydrogen-bond donors (Lipinski definition) is 0. The van der Waals surface area contributed by atoms with Crippen molar-refractivity contribution in [2.45, 2.75) is 0 Å². The minimum absolute atomic E-state index is 0.493. The molecule has 0 fully saturated rings. The van der Waals surface area contributed by atoms with Gasteiger partial charge in [-0.05, 0) is 60.2 Å². The van der Waals surface area contributed by atoms with Crippen molar-refractivity contribution in [3.05, 3.63) is 175 Å². The second-order valence-corrected chi connectivity index (χ2v) is 13.0. The molecule has 8 nitrogen and oxygen atoms in total. The highest BCUT2D eigenvalue weighted by Gasteiger charge is 2.22. The van der Waals surface area contributed by atoms with Crippen molar-refractivity contribution in [1.82, 2.24) is 29.1 Å². The standard InChI is InChI=1S/C46H26N8/c1-48-33-10-6-9-29(23-33)38-27-41(53-39-13-4-2-11-34(39)36-17-15-30(24-42(36)53)45-49-19-7-20-50-45)32(28-47)26-44(38)54-40-14-5-3-12-35(40)37-18-16-31(25-43(37)54)46-51-21-8-22-52-46/h2-27H. The normalized spacial score (nSPS) is 11.3. The lowest BCUT2D eigenvalue weighted by molar-refractivity contribution is 1.13. The summed E-state index contributed by atoms with van der Waals surface area (Å²) in [5.41, 5.74) is 9.86. The van der Waals surface area contributed by atoms with Crippen molar-refractivity contribution in [2.75, 3.05) is 0 Å². The summed E-state index contributed by atoms with van der Waals surface area (Å²) in [5.74, 6) is 1.25. The lowest BCUT2D eigenvalue weighted by Crippen LogP contribution is -2.04. The number of benzene rings is 6. The minimum atomic E-state index is 0.493. The fourth-order valence-electron chi connectivity index (χ4n) is 7.65. The summed E-state index contributed by atoms with van der Waals surface area (Å²) in [5, 5.41) is 15.3. The first-order chi connectivity index (χ1) is 26.7. The number of nitrogens with zero attached hydrogens (tertiary/aromatic N) is 8. The van der Waals surface area contributed by atoms with E-state index in [0.29, 0.717) is 22.9 Å². The monoisotopic (exact) mass is 690 g/mol. The van der Waals surface area contributed by atoms with Gasteiger partial charge >= 0.3 is 0 Å². The van der Waals surface area contributed by atoms with E-state index in [1.165, 1.54) is 0 Å². The molecule has 6 aromatic carbocycles. The lowest BCUT2D eigenvalue weighted by atomic mass is 9.98. The summed E-state index contributed by atoms with van der Waals surface area (Å²) in [6, 6.07) is 47.0. The second kappa shape index (κ2) is 12.4. The van der Waals surface area contributed by atoms with Crippen LogP contribution in [0.2, 0.25) is 0 Å². The summed E-state index contributed by atoms with van der Waals surface area (Å²) < 4.78 is 4.39. The molecule has 0 unspecified atom stereocenters. The summed E-state index contributed by atoms with van der Waals surface area (Å²) >= 11 is 0. The number of nitriles is 1. The molecule has 8 heteroatoms. The average molecular weight is 691 g/mol. The van der Waals surface area contributed by atoms with E-state index in [1.54, 1.807) is 36.9 Å². The molecule has 4 heterocycles. The third-order valence-electron chi connectivity index (χ3n) is 10.00. The number of rotatable bonds is 5. The Morgan fingerprint density at radius 2 is 1.02 bits per heavy atom. The van der Waals surface area contributed by atoms with Crippen LogP contribution in [0.25, 0.3) is 93.7 Å². The molecule has 0 aliphatic rings. The smallest absolute Gasteiger partial charge is 0.187 e. The third kappa shape index (κ3) is 4.83. The second-order valence-electron chi connectivity index (χ2n) is 13.0. The Morgan fingerprint density at radius 1 is 0.481 bits per heavy atom. The molecule has 0 radical (unpaired) electrons. The molecular formula is C46H26N8. The largest absolute Gasteiger partial charge is 0.309 e. The zero-order valence-corrected chi connectivity index (χ0v) is 28.6. The van der Waals surface area contributed by atoms with Crippen LogP contribution in [0.1, 0.15) is 5.56 Å². The average Bonchev–Trinajstić information content (AvgIpc) is 3.75. The lowest BCUT2D eigenvalue weighted by Gasteiger charge is -2.19. The van der Waals surface area contributed by atoms with Crippen molar-refractivity contribution in [2.24, 2.45) is 0 Å². The molecule has 0 bridgehead atoms. The Labute approximate surface area is 309 Å². The Kier molecular flexibility index (Phi) is 7.07. The maximum absolute atomic E-state index is 11.0. The molecule has 10 aromatic rings. The predicted octanol–water partition coefficient (Wildman–Crippen LogP) is 10.9. The summed E-state index contributed by atoms with van der Waals surface area (Å²) in [7, 11) is 0. The number of para-hydroxylation sites is 2. The highest BCUT2D eigenvalue weighted by molar-refractivity contribution is 6.12. The van der Waals surface area contributed by atoms with Crippen LogP contribution in [0.3, 0.4) is 0 Å². The first-order valence-corrected chi connectivity index (χ1v) is 17.4. The van der Waals surface area contributed by atoms with E-state index in [4.69, 9.17) is 6.57 Å². The molecule has 0 atom stereocenters. The van der Waals surface area contributed by atoms with Gasteiger partial charge in [-0.3, -0.25) is 0 Å². The fourth-order valence-corrected chi connectivity index (χ4v) is 7.65. The van der Waals surface area contributed by atoms with Crippen LogP contribution in [0.5, 0.6) is 0 Å². The molecule has 0 saturated heterocycles. The van der Waals surface area contributed by atoms with Crippen LogP contribution in [0, 0.1) is 17.9 Å². The Balaban J connectivity index is 1.32. The quantitative estimate of drug-likeness (QED) is 0.168. The van der Waals surface area contributed by atoms with E-state index in [2.05, 4.69) is 101 Å². The summed E-state index contributed by atoms with van der Waals surface area (Å²) in [6.07, 6.45) is 6.96. The van der Waals surface area contributed by atoms with Crippen molar-refractivity contribution in [3.63, 3.8) is 0 Å². The van der Waals surface area contributed by atoms with E-state index in [0.717, 1.165) is 77.2 Å². The maximum atomic E-state index is 11.0. The zero-order chi connectivity index (χ0) is 36.2. The van der Waals surface area contributed by atoms with Crippen LogP contribution in [0.15, 0.2) is 158 Å². The first-order valence-electron chi connectivity index (χ1n) is 17.4. The van der Waals surface area contributed by atoms with Gasteiger partial charge in [-0.2, -0.15) is 5.26 Å². The van der Waals surface area contributed by atoms with Crippen LogP contribution in [-0.2, 0) is 0 Å². The van der Waals surface area contributed by atoms with Crippen LogP contribution >= 0.6 is 0 Å². The fraction of sp³-hybridized carbons (Fsp3) is 0. The van der Waals surface area contributed by atoms with Gasteiger partial charge in [0, 0.05) is 63.0 Å². The highest BCUT2D eigenvalue weighted by atomic mass is 15.0. The molecule has 250 valence electrons. The van der Waals surface area contributed by atoms with Gasteiger partial charge < -0.3 is 9.13 Å². The molecule has 0 N–H and O–H groups in total. The van der Waals surface area contributed by atoms with E-state index >= 15 is 0 Å². The van der Waals surface area contributed by atoms with Gasteiger partial charge in [0.25, 0.3) is 0 Å². The third-order valence-corrected chi connectivity index (χ3v) is 10.00. The van der Waals surface area contributed by atoms with Gasteiger partial charge in [-0.25, -0.2) is 24.8 Å². The van der Waals surface area contributed by atoms with E-state index in [-0.39, 0.29) is 0 Å². The van der Waals surface area contributed by atoms with Crippen LogP contribution < -0.4 is 0 Å². The number of fused-ring (bicyclic) bond motifs is 6. The molecule has 0 amide bonds. The molecule has 10 rings (SSSR count). The van der Waals surface area contributed by atoms with Gasteiger partial charge in [0.15, 0.2) is 17.3 Å². The van der Waals surface area contributed by atoms with Crippen molar-refractivity contribution in [3.8, 4) is 51.3 Å². The Hall–Kier alpha value is -7.94. The highest BCUT2D eigenvalue weighted by Crippen LogP contribution is 2.42. The van der Waals surface area contributed by atoms with Gasteiger partial charge in [0.05, 0.1) is 45.6 Å². The SMILES string of the molecule is [C-]#[N+]c1cccc(-c2cc(-n3c4ccccc4c4ccc(-c5ncccn5)cc43)c(C#N)cc2-n2c3ccccc3c3ccc(-c4ncccn4)cc32)c1. The first kappa shape index (κ1) is 30.8. The molecule has 0 spiro atoms. The molecular weight excluding hydrogens is 665 g/mol. The maximum Gasteiger partial charge on any atom is 0.187 e. The van der Waals surface area contributed by atoms with Gasteiger partial charge in [0.2, 0.25) is 0 Å². The van der Waals surface area contributed by atoms with Crippen molar-refractivity contribution < 1.29 is 0 Å². The molecule has 4 aromatic heterocycles. The minimum Gasteiger partial charge on any atom is -0.309 e. The van der Waals surface area contributed by atoms with Gasteiger partial charge in [0.1, 0.15) is 6.07 Å². The van der Waals surface area contributed by atoms with Gasteiger partial charge in [-0.1, -0.05) is 78.9 Å². The van der Waals surface area contributed by atoms with Crippen LogP contribution in [0.4, 0.5) is 5.69 Å². The summed E-state index contributed by atoms with van der Waals surface area (Å²) in [4.78, 5) is 21.9. The van der Waals surface area contributed by atoms with E-state index in [1.807, 2.05) is 60.7 Å². The number of hydrogen-bond acceptors (Lipinski definition) is 5. The Bertz CT molecular complexity index is 3180. The molecule has 54 heavy (non-hydrogen) atoms. The molecule has 0 saturated carbocycles. The predicted molar refractivity (Wildman–Crippen MR) is 214 cm³/mol. The molecule has 0 aliphatic carbocycles. The van der Waals surface area contributed by atoms with Crippen molar-refractivity contribution >= 4 is 49.3 Å². The number of aromatic nitrogens is 6. The van der Waals surface area contributed by atoms with E-state index in [9.17, 15) is 5.26 Å². The van der Waals surface area contributed by atoms with Gasteiger partial charge in [-0.15, -0.1) is 0 Å².